The fourth-order valence-corrected chi connectivity index (χ4v) is 4.72. The molecule has 2 heteroatoms. The molecule has 1 aromatic rings. The summed E-state index contributed by atoms with van der Waals surface area (Å²) in [5, 5.41) is 0.734. The van der Waals surface area contributed by atoms with E-state index in [1.54, 1.807) is 0 Å². The summed E-state index contributed by atoms with van der Waals surface area (Å²) in [7, 11) is 0. The minimum absolute atomic E-state index is 0.436. The molecule has 1 fully saturated rings. The maximum absolute atomic E-state index is 6.00. The van der Waals surface area contributed by atoms with E-state index in [0.717, 1.165) is 23.5 Å². The third-order valence-electron chi connectivity index (χ3n) is 4.76. The summed E-state index contributed by atoms with van der Waals surface area (Å²) in [4.78, 5) is 0. The zero-order valence-corrected chi connectivity index (χ0v) is 14.0. The Labute approximate surface area is 128 Å². The van der Waals surface area contributed by atoms with Crippen LogP contribution in [-0.2, 0) is 5.75 Å². The highest BCUT2D eigenvalue weighted by Crippen LogP contribution is 2.44. The highest BCUT2D eigenvalue weighted by molar-refractivity contribution is 7.99. The molecule has 3 unspecified atom stereocenters. The van der Waals surface area contributed by atoms with Crippen molar-refractivity contribution in [2.24, 2.45) is 23.0 Å². The first-order chi connectivity index (χ1) is 9.50. The normalized spacial score (nSPS) is 27.5. The topological polar surface area (TPSA) is 26.0 Å². The zero-order valence-electron chi connectivity index (χ0n) is 13.1. The second-order valence-corrected chi connectivity index (χ2v) is 8.43. The van der Waals surface area contributed by atoms with Crippen molar-refractivity contribution >= 4 is 11.8 Å². The van der Waals surface area contributed by atoms with E-state index in [1.807, 2.05) is 0 Å². The van der Waals surface area contributed by atoms with E-state index in [2.05, 4.69) is 62.9 Å². The molecular weight excluding hydrogens is 262 g/mol. The van der Waals surface area contributed by atoms with E-state index in [9.17, 15) is 0 Å². The molecule has 1 saturated carbocycles. The lowest BCUT2D eigenvalue weighted by Gasteiger charge is -2.41. The summed E-state index contributed by atoms with van der Waals surface area (Å²) in [6.07, 6.45) is 4.00. The first-order valence-corrected chi connectivity index (χ1v) is 8.91. The van der Waals surface area contributed by atoms with Gasteiger partial charge in [0.15, 0.2) is 0 Å². The van der Waals surface area contributed by atoms with Crippen LogP contribution in [0.2, 0.25) is 0 Å². The third kappa shape index (κ3) is 4.26. The van der Waals surface area contributed by atoms with Crippen LogP contribution in [0, 0.1) is 17.3 Å². The largest absolute Gasteiger partial charge is 0.330 e. The molecule has 1 aliphatic carbocycles. The van der Waals surface area contributed by atoms with Gasteiger partial charge in [-0.15, -0.1) is 0 Å². The second-order valence-electron chi connectivity index (χ2n) is 7.21. The molecule has 0 aliphatic heterocycles. The van der Waals surface area contributed by atoms with E-state index in [4.69, 9.17) is 5.73 Å². The van der Waals surface area contributed by atoms with Gasteiger partial charge in [-0.3, -0.25) is 0 Å². The van der Waals surface area contributed by atoms with E-state index >= 15 is 0 Å². The fourth-order valence-electron chi connectivity index (χ4n) is 3.23. The quantitative estimate of drug-likeness (QED) is 0.869. The fraction of sp³-hybridized carbons (Fsp3) is 0.667. The Hall–Kier alpha value is -0.470. The summed E-state index contributed by atoms with van der Waals surface area (Å²) in [6.45, 7) is 8.02. The molecule has 0 bridgehead atoms. The van der Waals surface area contributed by atoms with Crippen molar-refractivity contribution in [3.05, 3.63) is 35.9 Å². The number of rotatable bonds is 4. The average Bonchev–Trinajstić information content (AvgIpc) is 2.45. The van der Waals surface area contributed by atoms with E-state index < -0.39 is 0 Å². The number of thioether (sulfide) groups is 1. The molecule has 0 aromatic heterocycles. The molecule has 20 heavy (non-hydrogen) atoms. The molecular formula is C18H29NS. The minimum atomic E-state index is 0.436. The molecule has 1 aliphatic rings. The summed E-state index contributed by atoms with van der Waals surface area (Å²) >= 11 is 2.12. The molecule has 112 valence electrons. The van der Waals surface area contributed by atoms with Crippen LogP contribution in [0.25, 0.3) is 0 Å². The molecule has 2 N–H and O–H groups in total. The zero-order chi connectivity index (χ0) is 14.6. The second kappa shape index (κ2) is 7.00. The Bertz CT molecular complexity index is 396. The van der Waals surface area contributed by atoms with Crippen molar-refractivity contribution in [1.82, 2.24) is 0 Å². The third-order valence-corrected chi connectivity index (χ3v) is 6.27. The average molecular weight is 292 g/mol. The van der Waals surface area contributed by atoms with Gasteiger partial charge in [0.05, 0.1) is 0 Å². The van der Waals surface area contributed by atoms with Gasteiger partial charge in [-0.05, 0) is 48.6 Å². The van der Waals surface area contributed by atoms with Crippen molar-refractivity contribution in [1.29, 1.82) is 0 Å². The Balaban J connectivity index is 1.95. The van der Waals surface area contributed by atoms with Crippen LogP contribution in [0.3, 0.4) is 0 Å². The van der Waals surface area contributed by atoms with Gasteiger partial charge >= 0.3 is 0 Å². The predicted octanol–water partition coefficient (Wildman–Crippen LogP) is 4.71. The van der Waals surface area contributed by atoms with Gasteiger partial charge in [-0.1, -0.05) is 51.1 Å². The van der Waals surface area contributed by atoms with E-state index in [0.29, 0.717) is 11.3 Å². The highest BCUT2D eigenvalue weighted by atomic mass is 32.2. The van der Waals surface area contributed by atoms with Gasteiger partial charge < -0.3 is 5.73 Å². The van der Waals surface area contributed by atoms with Gasteiger partial charge in [0.2, 0.25) is 0 Å². The number of nitrogens with two attached hydrogens (primary N) is 1. The lowest BCUT2D eigenvalue weighted by Crippen LogP contribution is -2.36. The van der Waals surface area contributed by atoms with Crippen LogP contribution < -0.4 is 5.73 Å². The first-order valence-electron chi connectivity index (χ1n) is 7.86. The van der Waals surface area contributed by atoms with Gasteiger partial charge in [-0.25, -0.2) is 0 Å². The number of hydrogen-bond acceptors (Lipinski definition) is 2. The molecule has 1 nitrogen and oxygen atoms in total. The van der Waals surface area contributed by atoms with Gasteiger partial charge in [-0.2, -0.15) is 11.8 Å². The standard InChI is InChI=1S/C18H29NS/c1-18(2,3)16-10-9-15(12-19)17(11-16)20-13-14-7-5-4-6-8-14/h4-8,15-17H,9-13,19H2,1-3H3. The maximum atomic E-state index is 6.00. The van der Waals surface area contributed by atoms with Crippen LogP contribution in [0.15, 0.2) is 30.3 Å². The lowest BCUT2D eigenvalue weighted by atomic mass is 9.69. The van der Waals surface area contributed by atoms with Crippen LogP contribution >= 0.6 is 11.8 Å². The van der Waals surface area contributed by atoms with Gasteiger partial charge in [0.25, 0.3) is 0 Å². The molecule has 3 atom stereocenters. The van der Waals surface area contributed by atoms with Crippen LogP contribution in [-0.4, -0.2) is 11.8 Å². The summed E-state index contributed by atoms with van der Waals surface area (Å²) in [5.41, 5.74) is 7.88. The molecule has 0 heterocycles. The van der Waals surface area contributed by atoms with Crippen molar-refractivity contribution in [2.45, 2.75) is 51.0 Å². The van der Waals surface area contributed by atoms with Crippen LogP contribution in [0.1, 0.15) is 45.6 Å². The molecule has 0 amide bonds. The summed E-state index contributed by atoms with van der Waals surface area (Å²) in [5.74, 6) is 2.68. The highest BCUT2D eigenvalue weighted by Gasteiger charge is 2.35. The molecule has 2 rings (SSSR count). The van der Waals surface area contributed by atoms with Crippen molar-refractivity contribution in [3.8, 4) is 0 Å². The molecule has 1 aromatic carbocycles. The Morgan fingerprint density at radius 1 is 1.15 bits per heavy atom. The van der Waals surface area contributed by atoms with Crippen LogP contribution in [0.4, 0.5) is 0 Å². The Morgan fingerprint density at radius 2 is 1.85 bits per heavy atom. The molecule has 0 saturated heterocycles. The maximum Gasteiger partial charge on any atom is 0.0187 e. The summed E-state index contributed by atoms with van der Waals surface area (Å²) < 4.78 is 0. The number of benzene rings is 1. The van der Waals surface area contributed by atoms with E-state index in [1.165, 1.54) is 24.8 Å². The number of hydrogen-bond donors (Lipinski definition) is 1. The molecule has 0 spiro atoms. The summed E-state index contributed by atoms with van der Waals surface area (Å²) in [6, 6.07) is 10.8. The smallest absolute Gasteiger partial charge is 0.0187 e. The van der Waals surface area contributed by atoms with Gasteiger partial charge in [0.1, 0.15) is 0 Å². The minimum Gasteiger partial charge on any atom is -0.330 e. The Morgan fingerprint density at radius 3 is 2.45 bits per heavy atom. The van der Waals surface area contributed by atoms with Crippen molar-refractivity contribution < 1.29 is 0 Å². The van der Waals surface area contributed by atoms with Crippen molar-refractivity contribution in [2.75, 3.05) is 6.54 Å². The molecule has 0 radical (unpaired) electrons. The Kier molecular flexibility index (Phi) is 5.57. The van der Waals surface area contributed by atoms with Crippen molar-refractivity contribution in [3.63, 3.8) is 0 Å². The monoisotopic (exact) mass is 291 g/mol. The van der Waals surface area contributed by atoms with E-state index in [-0.39, 0.29) is 0 Å². The predicted molar refractivity (Wildman–Crippen MR) is 90.9 cm³/mol. The first kappa shape index (κ1) is 15.9. The SMILES string of the molecule is CC(C)(C)C1CCC(CN)C(SCc2ccccc2)C1. The lowest BCUT2D eigenvalue weighted by molar-refractivity contribution is 0.157. The van der Waals surface area contributed by atoms with Crippen LogP contribution in [0.5, 0.6) is 0 Å². The van der Waals surface area contributed by atoms with Gasteiger partial charge in [0, 0.05) is 11.0 Å².